The lowest BCUT2D eigenvalue weighted by atomic mass is 9.94. The molecular weight excluding hydrogens is 498 g/mol. The van der Waals surface area contributed by atoms with Crippen LogP contribution in [0.1, 0.15) is 63.3 Å². The first-order valence-electron chi connectivity index (χ1n) is 13.2. The number of fused-ring (bicyclic) bond motifs is 1. The molecule has 0 saturated heterocycles. The molecule has 1 amide bonds. The molecule has 1 aliphatic rings. The Morgan fingerprint density at radius 3 is 2.63 bits per heavy atom. The van der Waals surface area contributed by atoms with Gasteiger partial charge in [0.05, 0.1) is 18.8 Å². The minimum absolute atomic E-state index is 0.193. The van der Waals surface area contributed by atoms with Crippen molar-refractivity contribution in [1.82, 2.24) is 14.8 Å². The molecule has 4 rings (SSSR count). The maximum atomic E-state index is 13.9. The highest BCUT2D eigenvalue weighted by molar-refractivity contribution is 7.99. The van der Waals surface area contributed by atoms with Gasteiger partial charge >= 0.3 is 0 Å². The van der Waals surface area contributed by atoms with Gasteiger partial charge in [0.15, 0.2) is 11.5 Å². The number of hydrogen-bond donors (Lipinski definition) is 2. The van der Waals surface area contributed by atoms with Crippen LogP contribution in [0.3, 0.4) is 0 Å². The molecule has 0 fully saturated rings. The highest BCUT2D eigenvalue weighted by atomic mass is 32.2. The van der Waals surface area contributed by atoms with E-state index >= 15 is 0 Å². The summed E-state index contributed by atoms with van der Waals surface area (Å²) in [6, 6.07) is 11.3. The van der Waals surface area contributed by atoms with Crippen molar-refractivity contribution in [3.63, 3.8) is 0 Å². The third-order valence-electron chi connectivity index (χ3n) is 6.41. The second kappa shape index (κ2) is 12.4. The van der Waals surface area contributed by atoms with Gasteiger partial charge in [-0.2, -0.15) is 4.98 Å². The van der Waals surface area contributed by atoms with Crippen molar-refractivity contribution in [1.29, 1.82) is 0 Å². The van der Waals surface area contributed by atoms with Crippen molar-refractivity contribution in [3.05, 3.63) is 64.4 Å². The topological polar surface area (TPSA) is 90.3 Å². The number of carbonyl (C=O) groups is 1. The van der Waals surface area contributed by atoms with Gasteiger partial charge in [-0.3, -0.25) is 4.79 Å². The summed E-state index contributed by atoms with van der Waals surface area (Å²) in [6.45, 7) is 13.2. The highest BCUT2D eigenvalue weighted by Gasteiger charge is 2.35. The van der Waals surface area contributed by atoms with Crippen LogP contribution in [0.4, 0.5) is 11.6 Å². The normalized spacial score (nSPS) is 14.6. The van der Waals surface area contributed by atoms with Gasteiger partial charge in [0, 0.05) is 17.1 Å². The Morgan fingerprint density at radius 1 is 1.08 bits per heavy atom. The zero-order valence-corrected chi connectivity index (χ0v) is 23.9. The number of hydrogen-bond acceptors (Lipinski definition) is 7. The number of nitrogens with zero attached hydrogens (tertiary/aromatic N) is 3. The minimum atomic E-state index is -0.501. The Hall–Kier alpha value is -3.46. The average Bonchev–Trinajstić information content (AvgIpc) is 3.31. The largest absolute Gasteiger partial charge is 0.490 e. The molecule has 0 spiro atoms. The Bertz CT molecular complexity index is 1330. The lowest BCUT2D eigenvalue weighted by Crippen LogP contribution is -2.31. The molecule has 0 aliphatic carbocycles. The van der Waals surface area contributed by atoms with Crippen molar-refractivity contribution in [2.75, 3.05) is 29.6 Å². The number of amides is 1. The van der Waals surface area contributed by atoms with Gasteiger partial charge in [-0.05, 0) is 75.4 Å². The molecule has 2 aromatic carbocycles. The number of aromatic nitrogens is 3. The Kier molecular flexibility index (Phi) is 8.99. The van der Waals surface area contributed by atoms with E-state index < -0.39 is 6.04 Å². The first kappa shape index (κ1) is 27.6. The van der Waals surface area contributed by atoms with Crippen LogP contribution in [-0.2, 0) is 4.79 Å². The molecule has 202 valence electrons. The number of benzene rings is 2. The quantitative estimate of drug-likeness (QED) is 0.270. The molecule has 3 aromatic rings. The van der Waals surface area contributed by atoms with Gasteiger partial charge in [0.25, 0.3) is 5.91 Å². The van der Waals surface area contributed by atoms with Gasteiger partial charge in [-0.25, -0.2) is 4.68 Å². The fourth-order valence-corrected chi connectivity index (χ4v) is 5.04. The average molecular weight is 536 g/mol. The highest BCUT2D eigenvalue weighted by Crippen LogP contribution is 2.40. The number of carbonyl (C=O) groups excluding carboxylic acids is 1. The van der Waals surface area contributed by atoms with Crippen molar-refractivity contribution < 1.29 is 14.3 Å². The Labute approximate surface area is 229 Å². The summed E-state index contributed by atoms with van der Waals surface area (Å²) < 4.78 is 13.7. The monoisotopic (exact) mass is 535 g/mol. The smallest absolute Gasteiger partial charge is 0.255 e. The van der Waals surface area contributed by atoms with Crippen LogP contribution in [-0.4, -0.2) is 39.6 Å². The van der Waals surface area contributed by atoms with E-state index in [9.17, 15) is 4.79 Å². The predicted octanol–water partition coefficient (Wildman–Crippen LogP) is 6.51. The van der Waals surface area contributed by atoms with E-state index in [1.807, 2.05) is 64.1 Å². The van der Waals surface area contributed by atoms with Gasteiger partial charge in [0.2, 0.25) is 11.1 Å². The van der Waals surface area contributed by atoms with Crippen molar-refractivity contribution in [3.8, 4) is 11.5 Å². The molecule has 8 nitrogen and oxygen atoms in total. The molecule has 1 unspecified atom stereocenters. The second-order valence-electron chi connectivity index (χ2n) is 9.27. The van der Waals surface area contributed by atoms with E-state index in [1.54, 1.807) is 16.4 Å². The van der Waals surface area contributed by atoms with Crippen LogP contribution in [0.5, 0.6) is 11.5 Å². The number of aryl methyl sites for hydroxylation is 1. The molecule has 1 atom stereocenters. The summed E-state index contributed by atoms with van der Waals surface area (Å²) in [4.78, 5) is 18.6. The third-order valence-corrected chi connectivity index (χ3v) is 7.45. The molecule has 0 radical (unpaired) electrons. The van der Waals surface area contributed by atoms with Crippen molar-refractivity contribution in [2.45, 2.75) is 65.6 Å². The van der Waals surface area contributed by atoms with Crippen LogP contribution < -0.4 is 20.1 Å². The summed E-state index contributed by atoms with van der Waals surface area (Å²) in [7, 11) is 0. The van der Waals surface area contributed by atoms with Gasteiger partial charge in [0.1, 0.15) is 6.04 Å². The number of thioether (sulfide) groups is 1. The minimum Gasteiger partial charge on any atom is -0.490 e. The van der Waals surface area contributed by atoms with Crippen molar-refractivity contribution in [2.24, 2.45) is 0 Å². The van der Waals surface area contributed by atoms with E-state index in [0.29, 0.717) is 41.4 Å². The van der Waals surface area contributed by atoms with Gasteiger partial charge < -0.3 is 20.1 Å². The Morgan fingerprint density at radius 2 is 1.89 bits per heavy atom. The summed E-state index contributed by atoms with van der Waals surface area (Å²) in [5.74, 6) is 2.66. The molecular formula is C29H37N5O3S. The summed E-state index contributed by atoms with van der Waals surface area (Å²) in [5, 5.41) is 12.0. The summed E-state index contributed by atoms with van der Waals surface area (Å²) in [6.07, 6.45) is 1.91. The number of allylic oxidation sites excluding steroid dienone is 1. The molecule has 0 bridgehead atoms. The SMILES string of the molecule is CCCOc1ccc(C2C(C(=O)Nc3cccc(C)c3C)=C(C)Nc3nc(SCCC)nn32)cc1OCC. The van der Waals surface area contributed by atoms with Gasteiger partial charge in [-0.1, -0.05) is 43.8 Å². The van der Waals surface area contributed by atoms with E-state index in [4.69, 9.17) is 19.6 Å². The standard InChI is InChI=1S/C29H37N5O3S/c1-7-15-37-23-14-13-21(17-24(23)36-9-3)26-25(27(35)31-22-12-10-11-18(4)19(22)5)20(6)30-28-32-29(33-34(26)28)38-16-8-2/h10-14,17,26H,7-9,15-16H2,1-6H3,(H,31,35)(H,30,32,33). The van der Waals surface area contributed by atoms with Crippen LogP contribution >= 0.6 is 11.8 Å². The molecule has 0 saturated carbocycles. The maximum Gasteiger partial charge on any atom is 0.255 e. The second-order valence-corrected chi connectivity index (χ2v) is 10.3. The molecule has 9 heteroatoms. The molecule has 38 heavy (non-hydrogen) atoms. The number of anilines is 2. The summed E-state index contributed by atoms with van der Waals surface area (Å²) >= 11 is 1.60. The van der Waals surface area contributed by atoms with E-state index in [2.05, 4.69) is 24.5 Å². The molecule has 2 heterocycles. The van der Waals surface area contributed by atoms with E-state index in [1.165, 1.54) is 0 Å². The zero-order chi connectivity index (χ0) is 27.2. The first-order chi connectivity index (χ1) is 18.4. The number of ether oxygens (including phenoxy) is 2. The predicted molar refractivity (Wildman–Crippen MR) is 153 cm³/mol. The van der Waals surface area contributed by atoms with Crippen LogP contribution in [0, 0.1) is 13.8 Å². The van der Waals surface area contributed by atoms with Crippen LogP contribution in [0.2, 0.25) is 0 Å². The number of rotatable bonds is 11. The summed E-state index contributed by atoms with van der Waals surface area (Å²) in [5.41, 5.74) is 5.11. The fourth-order valence-electron chi connectivity index (χ4n) is 4.36. The fraction of sp³-hybridized carbons (Fsp3) is 0.414. The van der Waals surface area contributed by atoms with Crippen molar-refractivity contribution >= 4 is 29.3 Å². The lowest BCUT2D eigenvalue weighted by molar-refractivity contribution is -0.113. The van der Waals surface area contributed by atoms with Crippen LogP contribution in [0.25, 0.3) is 0 Å². The van der Waals surface area contributed by atoms with E-state index in [0.717, 1.165) is 46.7 Å². The first-order valence-corrected chi connectivity index (χ1v) is 14.2. The molecule has 1 aromatic heterocycles. The molecule has 2 N–H and O–H groups in total. The zero-order valence-electron chi connectivity index (χ0n) is 23.1. The van der Waals surface area contributed by atoms with Gasteiger partial charge in [-0.15, -0.1) is 5.10 Å². The van der Waals surface area contributed by atoms with Crippen LogP contribution in [0.15, 0.2) is 52.8 Å². The lowest BCUT2D eigenvalue weighted by Gasteiger charge is -2.29. The molecule has 1 aliphatic heterocycles. The third kappa shape index (κ3) is 5.83. The number of nitrogens with one attached hydrogen (secondary N) is 2. The maximum absolute atomic E-state index is 13.9. The Balaban J connectivity index is 1.80. The van der Waals surface area contributed by atoms with E-state index in [-0.39, 0.29) is 5.91 Å².